The Hall–Kier alpha value is -2.77. The number of carboxylic acid groups (broad SMARTS) is 2. The van der Waals surface area contributed by atoms with Crippen LogP contribution in [0, 0.1) is 0 Å². The molecule has 9 N–H and O–H groups in total. The number of rotatable bonds is 11. The second-order valence-electron chi connectivity index (χ2n) is 5.74. The predicted octanol–water partition coefficient (Wildman–Crippen LogP) is -4.28. The van der Waals surface area contributed by atoms with E-state index in [1.165, 1.54) is 13.8 Å². The first kappa shape index (κ1) is 24.2. The second-order valence-corrected chi connectivity index (χ2v) is 5.74. The Morgan fingerprint density at radius 3 is 1.81 bits per heavy atom. The van der Waals surface area contributed by atoms with Crippen LogP contribution in [-0.2, 0) is 24.0 Å². The molecule has 0 saturated carbocycles. The van der Waals surface area contributed by atoms with Crippen LogP contribution in [0.25, 0.3) is 0 Å². The lowest BCUT2D eigenvalue weighted by Crippen LogP contribution is -2.58. The molecule has 0 aromatic carbocycles. The summed E-state index contributed by atoms with van der Waals surface area (Å²) in [5.74, 6) is -5.89. The Morgan fingerprint density at radius 2 is 1.41 bits per heavy atom. The molecule has 0 rings (SSSR count). The van der Waals surface area contributed by atoms with Gasteiger partial charge < -0.3 is 42.1 Å². The van der Waals surface area contributed by atoms with Crippen LogP contribution in [0.2, 0.25) is 0 Å². The largest absolute Gasteiger partial charge is 0.481 e. The summed E-state index contributed by atoms with van der Waals surface area (Å²) in [4.78, 5) is 57.2. The van der Waals surface area contributed by atoms with E-state index in [1.54, 1.807) is 0 Å². The Bertz CT molecular complexity index is 581. The van der Waals surface area contributed by atoms with E-state index in [-0.39, 0.29) is 0 Å². The molecule has 154 valence electrons. The molecule has 3 amide bonds. The first-order valence-electron chi connectivity index (χ1n) is 7.80. The SMILES string of the molecule is CC(NC(=O)C(CO)NC(=O)C(N)C(C)O)C(=O)NC(CC(=O)O)C(=O)O. The predicted molar refractivity (Wildman–Crippen MR) is 88.1 cm³/mol. The molecule has 0 aliphatic rings. The van der Waals surface area contributed by atoms with E-state index < -0.39 is 73.0 Å². The zero-order chi connectivity index (χ0) is 21.3. The molecule has 0 radical (unpaired) electrons. The zero-order valence-corrected chi connectivity index (χ0v) is 14.7. The fourth-order valence-electron chi connectivity index (χ4n) is 1.73. The zero-order valence-electron chi connectivity index (χ0n) is 14.7. The normalized spacial score (nSPS) is 16.2. The lowest BCUT2D eigenvalue weighted by atomic mass is 10.1. The minimum absolute atomic E-state index is 0.838. The van der Waals surface area contributed by atoms with Crippen molar-refractivity contribution >= 4 is 29.7 Å². The minimum atomic E-state index is -1.70. The fourth-order valence-corrected chi connectivity index (χ4v) is 1.73. The number of hydrogen-bond acceptors (Lipinski definition) is 8. The van der Waals surface area contributed by atoms with Gasteiger partial charge >= 0.3 is 11.9 Å². The van der Waals surface area contributed by atoms with Crippen LogP contribution in [0.5, 0.6) is 0 Å². The molecule has 5 unspecified atom stereocenters. The second kappa shape index (κ2) is 11.1. The summed E-state index contributed by atoms with van der Waals surface area (Å²) in [5.41, 5.74) is 5.39. The van der Waals surface area contributed by atoms with Crippen molar-refractivity contribution < 1.29 is 44.4 Å². The van der Waals surface area contributed by atoms with Crippen LogP contribution in [-0.4, -0.2) is 87.0 Å². The van der Waals surface area contributed by atoms with Gasteiger partial charge in [0.2, 0.25) is 17.7 Å². The van der Waals surface area contributed by atoms with Gasteiger partial charge in [-0.25, -0.2) is 4.79 Å². The van der Waals surface area contributed by atoms with E-state index in [0.717, 1.165) is 0 Å². The number of aliphatic hydroxyl groups is 2. The number of carbonyl (C=O) groups is 5. The molecule has 0 bridgehead atoms. The van der Waals surface area contributed by atoms with E-state index in [1.807, 2.05) is 5.32 Å². The monoisotopic (exact) mass is 392 g/mol. The number of amides is 3. The quantitative estimate of drug-likeness (QED) is 0.169. The van der Waals surface area contributed by atoms with Crippen molar-refractivity contribution in [2.24, 2.45) is 5.73 Å². The molecule has 0 aromatic rings. The third kappa shape index (κ3) is 8.44. The van der Waals surface area contributed by atoms with E-state index in [2.05, 4.69) is 10.6 Å². The molecular formula is C14H24N4O9. The van der Waals surface area contributed by atoms with Gasteiger partial charge in [0.1, 0.15) is 24.2 Å². The van der Waals surface area contributed by atoms with Crippen LogP contribution in [0.4, 0.5) is 0 Å². The lowest BCUT2D eigenvalue weighted by molar-refractivity contribution is -0.147. The molecule has 0 spiro atoms. The van der Waals surface area contributed by atoms with Crippen LogP contribution < -0.4 is 21.7 Å². The van der Waals surface area contributed by atoms with Crippen molar-refractivity contribution in [2.75, 3.05) is 6.61 Å². The van der Waals surface area contributed by atoms with Gasteiger partial charge in [-0.1, -0.05) is 0 Å². The summed E-state index contributed by atoms with van der Waals surface area (Å²) < 4.78 is 0. The van der Waals surface area contributed by atoms with Crippen molar-refractivity contribution in [3.05, 3.63) is 0 Å². The van der Waals surface area contributed by atoms with Gasteiger partial charge in [0.15, 0.2) is 0 Å². The molecule has 13 nitrogen and oxygen atoms in total. The van der Waals surface area contributed by atoms with Crippen LogP contribution >= 0.6 is 0 Å². The van der Waals surface area contributed by atoms with Crippen LogP contribution in [0.15, 0.2) is 0 Å². The first-order valence-corrected chi connectivity index (χ1v) is 7.80. The number of hydrogen-bond donors (Lipinski definition) is 8. The van der Waals surface area contributed by atoms with Crippen molar-refractivity contribution in [3.8, 4) is 0 Å². The smallest absolute Gasteiger partial charge is 0.326 e. The number of carbonyl (C=O) groups excluding carboxylic acids is 3. The highest BCUT2D eigenvalue weighted by molar-refractivity contribution is 5.94. The van der Waals surface area contributed by atoms with Crippen molar-refractivity contribution in [3.63, 3.8) is 0 Å². The molecule has 0 heterocycles. The number of nitrogens with two attached hydrogens (primary N) is 1. The Labute approximate surface area is 153 Å². The summed E-state index contributed by atoms with van der Waals surface area (Å²) in [6.07, 6.45) is -2.08. The van der Waals surface area contributed by atoms with Gasteiger partial charge in [-0.15, -0.1) is 0 Å². The lowest BCUT2D eigenvalue weighted by Gasteiger charge is -2.22. The fraction of sp³-hybridized carbons (Fsp3) is 0.643. The maximum atomic E-state index is 12.0. The molecule has 13 heteroatoms. The van der Waals surface area contributed by atoms with Crippen molar-refractivity contribution in [2.45, 2.75) is 50.5 Å². The van der Waals surface area contributed by atoms with Gasteiger partial charge in [-0.3, -0.25) is 19.2 Å². The third-order valence-corrected chi connectivity index (χ3v) is 3.38. The summed E-state index contributed by atoms with van der Waals surface area (Å²) in [6, 6.07) is -5.83. The van der Waals surface area contributed by atoms with E-state index >= 15 is 0 Å². The van der Waals surface area contributed by atoms with Gasteiger partial charge in [-0.05, 0) is 13.8 Å². The molecule has 0 aromatic heterocycles. The molecule has 27 heavy (non-hydrogen) atoms. The number of aliphatic hydroxyl groups excluding tert-OH is 2. The number of aliphatic carboxylic acids is 2. The van der Waals surface area contributed by atoms with Crippen LogP contribution in [0.3, 0.4) is 0 Å². The average Bonchev–Trinajstić information content (AvgIpc) is 2.56. The van der Waals surface area contributed by atoms with Crippen molar-refractivity contribution in [1.82, 2.24) is 16.0 Å². The number of nitrogens with one attached hydrogen (secondary N) is 3. The van der Waals surface area contributed by atoms with E-state index in [4.69, 9.17) is 15.9 Å². The third-order valence-electron chi connectivity index (χ3n) is 3.38. The average molecular weight is 392 g/mol. The highest BCUT2D eigenvalue weighted by Crippen LogP contribution is 1.96. The highest BCUT2D eigenvalue weighted by atomic mass is 16.4. The van der Waals surface area contributed by atoms with Gasteiger partial charge in [0, 0.05) is 0 Å². The van der Waals surface area contributed by atoms with E-state index in [0.29, 0.717) is 0 Å². The molecule has 0 aliphatic heterocycles. The van der Waals surface area contributed by atoms with Crippen LogP contribution in [0.1, 0.15) is 20.3 Å². The molecule has 0 fully saturated rings. The summed E-state index contributed by atoms with van der Waals surface area (Å²) in [5, 5.41) is 42.1. The molecule has 0 saturated heterocycles. The standard InChI is InChI=1S/C14H24N4O9/c1-5(11(23)17-7(14(26)27)3-9(21)22)16-12(24)8(4-19)18-13(25)10(15)6(2)20/h5-8,10,19-20H,3-4,15H2,1-2H3,(H,16,24)(H,17,23)(H,18,25)(H,21,22)(H,26,27). The Morgan fingerprint density at radius 1 is 0.889 bits per heavy atom. The van der Waals surface area contributed by atoms with E-state index in [9.17, 15) is 34.2 Å². The Kier molecular flexibility index (Phi) is 9.92. The maximum absolute atomic E-state index is 12.0. The molecule has 0 aliphatic carbocycles. The van der Waals surface area contributed by atoms with Gasteiger partial charge in [0.05, 0.1) is 19.1 Å². The molecule has 5 atom stereocenters. The maximum Gasteiger partial charge on any atom is 0.326 e. The summed E-state index contributed by atoms with van der Waals surface area (Å²) >= 11 is 0. The minimum Gasteiger partial charge on any atom is -0.481 e. The highest BCUT2D eigenvalue weighted by Gasteiger charge is 2.29. The number of carboxylic acids is 2. The summed E-state index contributed by atoms with van der Waals surface area (Å²) in [7, 11) is 0. The van der Waals surface area contributed by atoms with Gasteiger partial charge in [0.25, 0.3) is 0 Å². The van der Waals surface area contributed by atoms with Gasteiger partial charge in [-0.2, -0.15) is 0 Å². The first-order chi connectivity index (χ1) is 12.4. The molecular weight excluding hydrogens is 368 g/mol. The topological polar surface area (TPSA) is 228 Å². The summed E-state index contributed by atoms with van der Waals surface area (Å²) in [6.45, 7) is 1.60. The Balaban J connectivity index is 4.84. The van der Waals surface area contributed by atoms with Crippen molar-refractivity contribution in [1.29, 1.82) is 0 Å².